The van der Waals surface area contributed by atoms with Gasteiger partial charge in [0.05, 0.1) is 5.56 Å². The maximum Gasteiger partial charge on any atom is 0.252 e. The van der Waals surface area contributed by atoms with Crippen LogP contribution >= 0.6 is 0 Å². The zero-order valence-corrected chi connectivity index (χ0v) is 14.5. The number of anilines is 1. The van der Waals surface area contributed by atoms with Gasteiger partial charge in [0, 0.05) is 25.2 Å². The number of aromatic nitrogens is 1. The van der Waals surface area contributed by atoms with Crippen LogP contribution in [0.2, 0.25) is 0 Å². The Morgan fingerprint density at radius 3 is 2.76 bits per heavy atom. The molecule has 1 aliphatic heterocycles. The topological polar surface area (TPSA) is 72.5 Å². The molecule has 3 rings (SSSR count). The van der Waals surface area contributed by atoms with Crippen LogP contribution in [0.1, 0.15) is 30.6 Å². The molecule has 0 spiro atoms. The third-order valence-corrected chi connectivity index (χ3v) is 3.78. The van der Waals surface area contributed by atoms with E-state index in [1.54, 1.807) is 12.3 Å². The number of para-hydroxylation sites is 2. The maximum atomic E-state index is 12.2. The van der Waals surface area contributed by atoms with Gasteiger partial charge in [0.1, 0.15) is 18.5 Å². The molecule has 1 atom stereocenters. The molecule has 1 amide bonds. The van der Waals surface area contributed by atoms with E-state index in [0.717, 1.165) is 17.3 Å². The lowest BCUT2D eigenvalue weighted by Gasteiger charge is -2.26. The van der Waals surface area contributed by atoms with E-state index in [9.17, 15) is 4.79 Å². The van der Waals surface area contributed by atoms with Gasteiger partial charge in [-0.25, -0.2) is 4.98 Å². The predicted octanol–water partition coefficient (Wildman–Crippen LogP) is 2.86. The first kappa shape index (κ1) is 17.1. The average Bonchev–Trinajstić information content (AvgIpc) is 2.61. The highest BCUT2D eigenvalue weighted by molar-refractivity contribution is 5.94. The summed E-state index contributed by atoms with van der Waals surface area (Å²) in [6, 6.07) is 11.5. The number of nitrogens with zero attached hydrogens (tertiary/aromatic N) is 1. The quantitative estimate of drug-likeness (QED) is 0.845. The number of carbonyl (C=O) groups excluding carboxylic acids is 1. The Bertz CT molecular complexity index is 716. The Kier molecular flexibility index (Phi) is 5.38. The van der Waals surface area contributed by atoms with E-state index in [4.69, 9.17) is 9.47 Å². The normalized spacial score (nSPS) is 15.7. The molecular weight excluding hydrogens is 318 g/mol. The van der Waals surface area contributed by atoms with Gasteiger partial charge in [-0.1, -0.05) is 12.1 Å². The van der Waals surface area contributed by atoms with E-state index in [-0.39, 0.29) is 12.0 Å². The van der Waals surface area contributed by atoms with Gasteiger partial charge in [0.15, 0.2) is 11.5 Å². The predicted molar refractivity (Wildman–Crippen MR) is 96.3 cm³/mol. The molecule has 6 nitrogen and oxygen atoms in total. The molecule has 2 heterocycles. The highest BCUT2D eigenvalue weighted by Crippen LogP contribution is 2.31. The molecule has 0 fully saturated rings. The van der Waals surface area contributed by atoms with E-state index in [2.05, 4.69) is 15.6 Å². The fourth-order valence-corrected chi connectivity index (χ4v) is 2.56. The lowest BCUT2D eigenvalue weighted by atomic mass is 10.2. The van der Waals surface area contributed by atoms with E-state index in [1.165, 1.54) is 0 Å². The van der Waals surface area contributed by atoms with Crippen molar-refractivity contribution in [1.29, 1.82) is 0 Å². The van der Waals surface area contributed by atoms with Crippen molar-refractivity contribution in [2.75, 3.05) is 18.5 Å². The summed E-state index contributed by atoms with van der Waals surface area (Å²) < 4.78 is 11.5. The molecule has 2 aromatic rings. The second-order valence-electron chi connectivity index (χ2n) is 6.27. The summed E-state index contributed by atoms with van der Waals surface area (Å²) in [6.07, 6.45) is 2.20. The van der Waals surface area contributed by atoms with Crippen molar-refractivity contribution in [3.63, 3.8) is 0 Å². The van der Waals surface area contributed by atoms with Crippen molar-refractivity contribution in [3.05, 3.63) is 48.2 Å². The second-order valence-corrected chi connectivity index (χ2v) is 6.27. The average molecular weight is 341 g/mol. The van der Waals surface area contributed by atoms with E-state index >= 15 is 0 Å². The zero-order chi connectivity index (χ0) is 17.6. The molecule has 6 heteroatoms. The smallest absolute Gasteiger partial charge is 0.252 e. The molecule has 0 radical (unpaired) electrons. The van der Waals surface area contributed by atoms with Gasteiger partial charge in [-0.3, -0.25) is 4.79 Å². The first-order valence-electron chi connectivity index (χ1n) is 8.51. The molecular formula is C19H23N3O3. The highest BCUT2D eigenvalue weighted by Gasteiger charge is 2.20. The molecule has 1 aliphatic rings. The summed E-state index contributed by atoms with van der Waals surface area (Å²) in [5.74, 6) is 2.14. The van der Waals surface area contributed by atoms with Gasteiger partial charge in [-0.2, -0.15) is 0 Å². The van der Waals surface area contributed by atoms with Crippen molar-refractivity contribution in [1.82, 2.24) is 10.3 Å². The molecule has 1 aromatic heterocycles. The number of benzene rings is 1. The standard InChI is InChI=1S/C19H23N3O3/c1-13(2)22-18-8-7-14(11-21-18)19(23)20-10-9-15-12-24-16-5-3-4-6-17(16)25-15/h3-8,11,13,15H,9-10,12H2,1-2H3,(H,20,23)(H,21,22)/t15-/m1/s1. The molecule has 132 valence electrons. The lowest BCUT2D eigenvalue weighted by Crippen LogP contribution is -2.34. The Labute approximate surface area is 147 Å². The van der Waals surface area contributed by atoms with E-state index in [0.29, 0.717) is 31.2 Å². The van der Waals surface area contributed by atoms with Crippen LogP contribution in [0.5, 0.6) is 11.5 Å². The molecule has 1 aromatic carbocycles. The Hall–Kier alpha value is -2.76. The third-order valence-electron chi connectivity index (χ3n) is 3.78. The van der Waals surface area contributed by atoms with Crippen molar-refractivity contribution in [3.8, 4) is 11.5 Å². The molecule has 25 heavy (non-hydrogen) atoms. The minimum absolute atomic E-state index is 0.0639. The van der Waals surface area contributed by atoms with Gasteiger partial charge in [0.2, 0.25) is 0 Å². The number of pyridine rings is 1. The summed E-state index contributed by atoms with van der Waals surface area (Å²) in [5.41, 5.74) is 0.542. The number of rotatable bonds is 6. The van der Waals surface area contributed by atoms with E-state index < -0.39 is 0 Å². The molecule has 0 saturated heterocycles. The van der Waals surface area contributed by atoms with Crippen LogP contribution < -0.4 is 20.1 Å². The fraction of sp³-hybridized carbons (Fsp3) is 0.368. The first-order valence-corrected chi connectivity index (χ1v) is 8.51. The molecule has 0 bridgehead atoms. The van der Waals surface area contributed by atoms with Gasteiger partial charge in [0.25, 0.3) is 5.91 Å². The van der Waals surface area contributed by atoms with Crippen LogP contribution in [0.4, 0.5) is 5.82 Å². The summed E-state index contributed by atoms with van der Waals surface area (Å²) >= 11 is 0. The largest absolute Gasteiger partial charge is 0.486 e. The van der Waals surface area contributed by atoms with E-state index in [1.807, 2.05) is 44.2 Å². The number of fused-ring (bicyclic) bond motifs is 1. The number of nitrogens with one attached hydrogen (secondary N) is 2. The lowest BCUT2D eigenvalue weighted by molar-refractivity contribution is 0.0812. The first-order chi connectivity index (χ1) is 12.1. The molecule has 0 saturated carbocycles. The van der Waals surface area contributed by atoms with Crippen molar-refractivity contribution in [2.24, 2.45) is 0 Å². The Morgan fingerprint density at radius 2 is 2.04 bits per heavy atom. The van der Waals surface area contributed by atoms with Crippen molar-refractivity contribution >= 4 is 11.7 Å². The van der Waals surface area contributed by atoms with Crippen LogP contribution in [0, 0.1) is 0 Å². The van der Waals surface area contributed by atoms with Crippen molar-refractivity contribution < 1.29 is 14.3 Å². The fourth-order valence-electron chi connectivity index (χ4n) is 2.56. The maximum absolute atomic E-state index is 12.2. The Balaban J connectivity index is 1.45. The second kappa shape index (κ2) is 7.88. The van der Waals surface area contributed by atoms with Crippen LogP contribution in [0.3, 0.4) is 0 Å². The van der Waals surface area contributed by atoms with Gasteiger partial charge in [-0.05, 0) is 38.1 Å². The molecule has 0 unspecified atom stereocenters. The summed E-state index contributed by atoms with van der Waals surface area (Å²) in [6.45, 7) is 5.08. The molecule has 0 aliphatic carbocycles. The van der Waals surface area contributed by atoms with Crippen LogP contribution in [0.15, 0.2) is 42.6 Å². The minimum Gasteiger partial charge on any atom is -0.486 e. The minimum atomic E-state index is -0.138. The zero-order valence-electron chi connectivity index (χ0n) is 14.5. The Morgan fingerprint density at radius 1 is 1.24 bits per heavy atom. The van der Waals surface area contributed by atoms with Crippen molar-refractivity contribution in [2.45, 2.75) is 32.4 Å². The summed E-state index contributed by atoms with van der Waals surface area (Å²) in [7, 11) is 0. The summed E-state index contributed by atoms with van der Waals surface area (Å²) in [4.78, 5) is 16.4. The number of hydrogen-bond donors (Lipinski definition) is 2. The molecule has 2 N–H and O–H groups in total. The third kappa shape index (κ3) is 4.62. The number of amides is 1. The number of hydrogen-bond acceptors (Lipinski definition) is 5. The van der Waals surface area contributed by atoms with Crippen LogP contribution in [0.25, 0.3) is 0 Å². The summed E-state index contributed by atoms with van der Waals surface area (Å²) in [5, 5.41) is 6.09. The van der Waals surface area contributed by atoms with Gasteiger partial charge < -0.3 is 20.1 Å². The van der Waals surface area contributed by atoms with Gasteiger partial charge in [-0.15, -0.1) is 0 Å². The highest BCUT2D eigenvalue weighted by atomic mass is 16.6. The SMILES string of the molecule is CC(C)Nc1ccc(C(=O)NCC[C@@H]2COc3ccccc3O2)cn1. The van der Waals surface area contributed by atoms with Gasteiger partial charge >= 0.3 is 0 Å². The number of carbonyl (C=O) groups is 1. The van der Waals surface area contributed by atoms with Crippen LogP contribution in [-0.4, -0.2) is 36.2 Å². The van der Waals surface area contributed by atoms with Crippen LogP contribution in [-0.2, 0) is 0 Å². The number of ether oxygens (including phenoxy) is 2. The monoisotopic (exact) mass is 341 g/mol.